The number of hydrogen-bond acceptors (Lipinski definition) is 3. The third-order valence-electron chi connectivity index (χ3n) is 4.43. The Labute approximate surface area is 132 Å². The first-order valence-corrected chi connectivity index (χ1v) is 8.19. The highest BCUT2D eigenvalue weighted by Crippen LogP contribution is 2.41. The zero-order valence-corrected chi connectivity index (χ0v) is 13.6. The quantitative estimate of drug-likeness (QED) is 0.875. The molecule has 2 aliphatic rings. The van der Waals surface area contributed by atoms with Gasteiger partial charge in [-0.25, -0.2) is 0 Å². The van der Waals surface area contributed by atoms with Crippen molar-refractivity contribution in [2.45, 2.75) is 30.9 Å². The lowest BCUT2D eigenvalue weighted by atomic mass is 9.79. The molecule has 1 spiro atoms. The molecule has 0 saturated carbocycles. The Hall–Kier alpha value is -0.130. The molecular weight excluding hydrogens is 342 g/mol. The van der Waals surface area contributed by atoms with Crippen LogP contribution in [0, 0.1) is 5.92 Å². The predicted molar refractivity (Wildman–Crippen MR) is 82.9 cm³/mol. The molecule has 3 nitrogen and oxygen atoms in total. The molecule has 0 bridgehead atoms. The normalized spacial score (nSPS) is 31.6. The Morgan fingerprint density at radius 1 is 1.40 bits per heavy atom. The Bertz CT molecular complexity index is 491. The van der Waals surface area contributed by atoms with Crippen molar-refractivity contribution in [3.63, 3.8) is 0 Å². The molecule has 1 aromatic carbocycles. The molecule has 2 fully saturated rings. The molecule has 3 rings (SSSR count). The molecule has 1 aromatic rings. The number of benzene rings is 1. The van der Waals surface area contributed by atoms with Crippen LogP contribution in [0.15, 0.2) is 22.7 Å². The lowest BCUT2D eigenvalue weighted by Crippen LogP contribution is -2.43. The summed E-state index contributed by atoms with van der Waals surface area (Å²) in [6, 6.07) is 5.88. The summed E-state index contributed by atoms with van der Waals surface area (Å²) < 4.78 is 12.5. The number of ether oxygens (including phenoxy) is 2. The molecule has 20 heavy (non-hydrogen) atoms. The lowest BCUT2D eigenvalue weighted by Gasteiger charge is -2.39. The van der Waals surface area contributed by atoms with Crippen molar-refractivity contribution in [2.75, 3.05) is 19.8 Å². The van der Waals surface area contributed by atoms with Gasteiger partial charge in [-0.15, -0.1) is 0 Å². The van der Waals surface area contributed by atoms with E-state index in [4.69, 9.17) is 26.8 Å². The summed E-state index contributed by atoms with van der Waals surface area (Å²) in [5.41, 5.74) is 7.39. The van der Waals surface area contributed by atoms with Crippen molar-refractivity contribution in [1.82, 2.24) is 0 Å². The summed E-state index contributed by atoms with van der Waals surface area (Å²) in [5.74, 6) is 0.393. The minimum Gasteiger partial charge on any atom is -0.378 e. The second kappa shape index (κ2) is 5.93. The Morgan fingerprint density at radius 2 is 2.25 bits per heavy atom. The lowest BCUT2D eigenvalue weighted by molar-refractivity contribution is -0.101. The summed E-state index contributed by atoms with van der Waals surface area (Å²) >= 11 is 9.76. The van der Waals surface area contributed by atoms with Crippen molar-refractivity contribution in [1.29, 1.82) is 0 Å². The molecule has 5 heteroatoms. The highest BCUT2D eigenvalue weighted by atomic mass is 79.9. The average molecular weight is 361 g/mol. The molecule has 0 amide bonds. The van der Waals surface area contributed by atoms with Crippen molar-refractivity contribution in [3.05, 3.63) is 33.3 Å². The smallest absolute Gasteiger partial charge is 0.0940 e. The highest BCUT2D eigenvalue weighted by Gasteiger charge is 2.42. The van der Waals surface area contributed by atoms with Gasteiger partial charge in [-0.2, -0.15) is 0 Å². The van der Waals surface area contributed by atoms with Crippen LogP contribution in [-0.4, -0.2) is 25.4 Å². The summed E-state index contributed by atoms with van der Waals surface area (Å²) in [4.78, 5) is 0. The average Bonchev–Trinajstić information content (AvgIpc) is 2.86. The van der Waals surface area contributed by atoms with Gasteiger partial charge in [0, 0.05) is 35.2 Å². The van der Waals surface area contributed by atoms with E-state index < -0.39 is 0 Å². The van der Waals surface area contributed by atoms with Crippen molar-refractivity contribution in [2.24, 2.45) is 11.7 Å². The molecule has 0 radical (unpaired) electrons. The third-order valence-corrected chi connectivity index (χ3v) is 5.25. The van der Waals surface area contributed by atoms with Crippen LogP contribution in [0.2, 0.25) is 5.02 Å². The number of hydrogen-bond donors (Lipinski definition) is 1. The van der Waals surface area contributed by atoms with E-state index in [-0.39, 0.29) is 11.6 Å². The maximum absolute atomic E-state index is 6.48. The maximum atomic E-state index is 6.48. The van der Waals surface area contributed by atoms with Crippen LogP contribution in [-0.2, 0) is 9.47 Å². The zero-order chi connectivity index (χ0) is 14.2. The van der Waals surface area contributed by atoms with E-state index in [0.717, 1.165) is 47.5 Å². The Balaban J connectivity index is 1.77. The van der Waals surface area contributed by atoms with Crippen LogP contribution in [0.1, 0.15) is 30.9 Å². The molecule has 2 heterocycles. The minimum atomic E-state index is -0.109. The summed E-state index contributed by atoms with van der Waals surface area (Å²) in [7, 11) is 0. The van der Waals surface area contributed by atoms with Crippen LogP contribution < -0.4 is 5.73 Å². The van der Waals surface area contributed by atoms with Gasteiger partial charge < -0.3 is 15.2 Å². The van der Waals surface area contributed by atoms with Crippen LogP contribution in [0.4, 0.5) is 0 Å². The van der Waals surface area contributed by atoms with Crippen LogP contribution in [0.3, 0.4) is 0 Å². The minimum absolute atomic E-state index is 0.0445. The SMILES string of the molecule is NC(c1ccc(Br)cc1Cl)C1CCOC2(CCOC2)C1. The fourth-order valence-electron chi connectivity index (χ4n) is 3.26. The molecule has 110 valence electrons. The summed E-state index contributed by atoms with van der Waals surface area (Å²) in [6.07, 6.45) is 2.92. The molecule has 2 saturated heterocycles. The maximum Gasteiger partial charge on any atom is 0.0940 e. The van der Waals surface area contributed by atoms with E-state index in [2.05, 4.69) is 15.9 Å². The topological polar surface area (TPSA) is 44.5 Å². The first kappa shape index (κ1) is 14.8. The van der Waals surface area contributed by atoms with Gasteiger partial charge in [-0.3, -0.25) is 0 Å². The second-order valence-electron chi connectivity index (χ2n) is 5.78. The summed E-state index contributed by atoms with van der Waals surface area (Å²) in [6.45, 7) is 2.25. The second-order valence-corrected chi connectivity index (χ2v) is 7.10. The van der Waals surface area contributed by atoms with Gasteiger partial charge in [0.1, 0.15) is 0 Å². The number of rotatable bonds is 2. The monoisotopic (exact) mass is 359 g/mol. The van der Waals surface area contributed by atoms with Gasteiger partial charge >= 0.3 is 0 Å². The van der Waals surface area contributed by atoms with E-state index in [1.54, 1.807) is 0 Å². The molecular formula is C15H19BrClNO2. The van der Waals surface area contributed by atoms with Crippen molar-refractivity contribution >= 4 is 27.5 Å². The van der Waals surface area contributed by atoms with Gasteiger partial charge in [0.2, 0.25) is 0 Å². The largest absolute Gasteiger partial charge is 0.378 e. The molecule has 2 N–H and O–H groups in total. The number of halogens is 2. The van der Waals surface area contributed by atoms with Crippen molar-refractivity contribution in [3.8, 4) is 0 Å². The van der Waals surface area contributed by atoms with Crippen LogP contribution >= 0.6 is 27.5 Å². The van der Waals surface area contributed by atoms with E-state index in [0.29, 0.717) is 12.5 Å². The highest BCUT2D eigenvalue weighted by molar-refractivity contribution is 9.10. The van der Waals surface area contributed by atoms with Gasteiger partial charge in [0.25, 0.3) is 0 Å². The third kappa shape index (κ3) is 2.90. The summed E-state index contributed by atoms with van der Waals surface area (Å²) in [5, 5.41) is 0.732. The predicted octanol–water partition coefficient (Wildman–Crippen LogP) is 3.69. The van der Waals surface area contributed by atoms with E-state index in [1.807, 2.05) is 18.2 Å². The Morgan fingerprint density at radius 3 is 2.95 bits per heavy atom. The molecule has 0 aromatic heterocycles. The molecule has 3 atom stereocenters. The Kier molecular flexibility index (Phi) is 4.39. The van der Waals surface area contributed by atoms with Crippen LogP contribution in [0.5, 0.6) is 0 Å². The van der Waals surface area contributed by atoms with Gasteiger partial charge in [0.05, 0.1) is 12.2 Å². The van der Waals surface area contributed by atoms with E-state index in [9.17, 15) is 0 Å². The molecule has 0 aliphatic carbocycles. The molecule has 2 aliphatic heterocycles. The van der Waals surface area contributed by atoms with Gasteiger partial charge in [-0.05, 0) is 36.5 Å². The van der Waals surface area contributed by atoms with E-state index in [1.165, 1.54) is 0 Å². The van der Waals surface area contributed by atoms with Crippen LogP contribution in [0.25, 0.3) is 0 Å². The van der Waals surface area contributed by atoms with Crippen molar-refractivity contribution < 1.29 is 9.47 Å². The standard InChI is InChI=1S/C15H19BrClNO2/c16-11-1-2-12(13(17)7-11)14(18)10-3-5-20-15(8-10)4-6-19-9-15/h1-2,7,10,14H,3-6,8-9,18H2. The number of nitrogens with two attached hydrogens (primary N) is 1. The fourth-order valence-corrected chi connectivity index (χ4v) is 4.06. The zero-order valence-electron chi connectivity index (χ0n) is 11.3. The van der Waals surface area contributed by atoms with E-state index >= 15 is 0 Å². The van der Waals surface area contributed by atoms with Gasteiger partial charge in [0.15, 0.2) is 0 Å². The van der Waals surface area contributed by atoms with Gasteiger partial charge in [-0.1, -0.05) is 33.6 Å². The fraction of sp³-hybridized carbons (Fsp3) is 0.600. The molecule has 3 unspecified atom stereocenters. The first-order chi connectivity index (χ1) is 9.60. The first-order valence-electron chi connectivity index (χ1n) is 7.02.